The molecule has 0 radical (unpaired) electrons. The average molecular weight is 417 g/mol. The van der Waals surface area contributed by atoms with E-state index in [1.165, 1.54) is 0 Å². The van der Waals surface area contributed by atoms with E-state index in [0.717, 1.165) is 0 Å². The van der Waals surface area contributed by atoms with Crippen LogP contribution in [-0.4, -0.2) is 60.4 Å². The van der Waals surface area contributed by atoms with Crippen LogP contribution in [0.1, 0.15) is 83.1 Å². The molecule has 172 valence electrons. The van der Waals surface area contributed by atoms with Crippen LogP contribution in [0.15, 0.2) is 0 Å². The minimum Gasteiger partial charge on any atom is -0.367 e. The van der Waals surface area contributed by atoms with Crippen LogP contribution >= 0.6 is 0 Å². The SMILES string of the molecule is CO[C@@H]1O[C@H](C(=O)C(C)(C)C)[C@@H](OC(C)(C)C)[C@H](OC(C)(C)C)[C@H]1OC(C)(C)C. The highest BCUT2D eigenvalue weighted by Gasteiger charge is 2.55. The number of ether oxygens (including phenoxy) is 5. The van der Waals surface area contributed by atoms with E-state index in [1.54, 1.807) is 7.11 Å². The Morgan fingerprint density at radius 2 is 1.03 bits per heavy atom. The molecule has 6 heteroatoms. The van der Waals surface area contributed by atoms with Crippen LogP contribution in [0.4, 0.5) is 0 Å². The van der Waals surface area contributed by atoms with Crippen molar-refractivity contribution in [3.63, 3.8) is 0 Å². The van der Waals surface area contributed by atoms with Crippen LogP contribution in [0, 0.1) is 5.41 Å². The fourth-order valence-electron chi connectivity index (χ4n) is 3.25. The molecule has 1 rings (SSSR count). The first-order valence-corrected chi connectivity index (χ1v) is 10.5. The minimum atomic E-state index is -0.827. The second-order valence-corrected chi connectivity index (χ2v) is 11.9. The summed E-state index contributed by atoms with van der Waals surface area (Å²) in [4.78, 5) is 13.3. The van der Waals surface area contributed by atoms with E-state index in [0.29, 0.717) is 0 Å². The molecule has 1 fully saturated rings. The molecular weight excluding hydrogens is 372 g/mol. The highest BCUT2D eigenvalue weighted by Crippen LogP contribution is 2.37. The van der Waals surface area contributed by atoms with Crippen LogP contribution < -0.4 is 0 Å². The Hall–Kier alpha value is -0.530. The van der Waals surface area contributed by atoms with Crippen LogP contribution in [0.25, 0.3) is 0 Å². The van der Waals surface area contributed by atoms with Crippen molar-refractivity contribution in [2.24, 2.45) is 5.41 Å². The number of methoxy groups -OCH3 is 1. The van der Waals surface area contributed by atoms with E-state index in [4.69, 9.17) is 23.7 Å². The van der Waals surface area contributed by atoms with Gasteiger partial charge in [-0.05, 0) is 62.3 Å². The van der Waals surface area contributed by atoms with Crippen LogP contribution in [0.5, 0.6) is 0 Å². The molecule has 1 saturated heterocycles. The van der Waals surface area contributed by atoms with Gasteiger partial charge < -0.3 is 23.7 Å². The Labute approximate surface area is 177 Å². The lowest BCUT2D eigenvalue weighted by molar-refractivity contribution is -0.338. The molecule has 0 aromatic carbocycles. The van der Waals surface area contributed by atoms with Crippen molar-refractivity contribution in [3.8, 4) is 0 Å². The third-order valence-electron chi connectivity index (χ3n) is 4.19. The summed E-state index contributed by atoms with van der Waals surface area (Å²) in [6.07, 6.45) is -3.33. The number of rotatable bonds is 5. The minimum absolute atomic E-state index is 0.0504. The molecule has 0 aromatic heterocycles. The summed E-state index contributed by atoms with van der Waals surface area (Å²) >= 11 is 0. The van der Waals surface area contributed by atoms with Crippen molar-refractivity contribution in [1.29, 1.82) is 0 Å². The van der Waals surface area contributed by atoms with Crippen LogP contribution in [-0.2, 0) is 28.5 Å². The van der Waals surface area contributed by atoms with Gasteiger partial charge in [0, 0.05) is 12.5 Å². The third-order valence-corrected chi connectivity index (χ3v) is 4.19. The number of ketones is 1. The number of carbonyl (C=O) groups is 1. The Bertz CT molecular complexity index is 544. The normalized spacial score (nSPS) is 29.8. The second kappa shape index (κ2) is 8.91. The molecule has 0 bridgehead atoms. The summed E-state index contributed by atoms with van der Waals surface area (Å²) < 4.78 is 31.0. The predicted molar refractivity (Wildman–Crippen MR) is 114 cm³/mol. The van der Waals surface area contributed by atoms with E-state index in [1.807, 2.05) is 83.1 Å². The van der Waals surface area contributed by atoms with Gasteiger partial charge in [0.05, 0.1) is 16.8 Å². The number of carbonyl (C=O) groups excluding carboxylic acids is 1. The predicted octanol–water partition coefficient (Wildman–Crippen LogP) is 4.52. The van der Waals surface area contributed by atoms with Gasteiger partial charge >= 0.3 is 0 Å². The first kappa shape index (κ1) is 26.5. The van der Waals surface area contributed by atoms with Crippen molar-refractivity contribution < 1.29 is 28.5 Å². The van der Waals surface area contributed by atoms with Crippen molar-refractivity contribution in [3.05, 3.63) is 0 Å². The van der Waals surface area contributed by atoms with Gasteiger partial charge in [0.15, 0.2) is 12.1 Å². The van der Waals surface area contributed by atoms with Gasteiger partial charge in [0.25, 0.3) is 0 Å². The molecule has 0 aromatic rings. The monoisotopic (exact) mass is 416 g/mol. The standard InChI is InChI=1S/C23H44O6/c1-20(2,3)18(24)16-14(27-21(4,5)6)15(28-22(7,8)9)17(19(25-13)26-16)29-23(10,11)12/h14-17,19H,1-13H3/t14-,15-,16-,17+,19+/m0/s1. The highest BCUT2D eigenvalue weighted by atomic mass is 16.7. The molecule has 29 heavy (non-hydrogen) atoms. The number of Topliss-reactive ketones (excluding diaryl/α,β-unsaturated/α-hetero) is 1. The highest BCUT2D eigenvalue weighted by molar-refractivity contribution is 5.88. The molecule has 0 N–H and O–H groups in total. The molecular formula is C23H44O6. The zero-order valence-corrected chi connectivity index (χ0v) is 20.8. The van der Waals surface area contributed by atoms with Gasteiger partial charge in [-0.15, -0.1) is 0 Å². The maximum atomic E-state index is 13.3. The summed E-state index contributed by atoms with van der Waals surface area (Å²) in [5, 5.41) is 0. The lowest BCUT2D eigenvalue weighted by atomic mass is 9.82. The first-order valence-electron chi connectivity index (χ1n) is 10.5. The molecule has 0 spiro atoms. The van der Waals surface area contributed by atoms with Crippen molar-refractivity contribution in [2.75, 3.05) is 7.11 Å². The first-order chi connectivity index (χ1) is 12.7. The van der Waals surface area contributed by atoms with Gasteiger partial charge in [-0.25, -0.2) is 0 Å². The Morgan fingerprint density at radius 1 is 0.655 bits per heavy atom. The lowest BCUT2D eigenvalue weighted by Gasteiger charge is -2.50. The quantitative estimate of drug-likeness (QED) is 0.656. The molecule has 0 aliphatic carbocycles. The summed E-state index contributed by atoms with van der Waals surface area (Å²) in [6, 6.07) is 0. The maximum absolute atomic E-state index is 13.3. The molecule has 0 saturated carbocycles. The van der Waals surface area contributed by atoms with Crippen molar-refractivity contribution >= 4 is 5.78 Å². The Kier molecular flexibility index (Phi) is 8.15. The number of hydrogen-bond donors (Lipinski definition) is 0. The summed E-state index contributed by atoms with van der Waals surface area (Å²) in [7, 11) is 1.56. The van der Waals surface area contributed by atoms with Crippen LogP contribution in [0.3, 0.4) is 0 Å². The van der Waals surface area contributed by atoms with Crippen molar-refractivity contribution in [1.82, 2.24) is 0 Å². The molecule has 0 unspecified atom stereocenters. The molecule has 6 nitrogen and oxygen atoms in total. The summed E-state index contributed by atoms with van der Waals surface area (Å²) in [6.45, 7) is 23.4. The fourth-order valence-corrected chi connectivity index (χ4v) is 3.25. The smallest absolute Gasteiger partial charge is 0.187 e. The van der Waals surface area contributed by atoms with Gasteiger partial charge in [-0.3, -0.25) is 4.79 Å². The average Bonchev–Trinajstić information content (AvgIpc) is 2.45. The molecule has 5 atom stereocenters. The fraction of sp³-hybridized carbons (Fsp3) is 0.957. The maximum Gasteiger partial charge on any atom is 0.187 e. The zero-order valence-electron chi connectivity index (χ0n) is 20.8. The molecule has 1 heterocycles. The van der Waals surface area contributed by atoms with E-state index in [2.05, 4.69) is 0 Å². The van der Waals surface area contributed by atoms with E-state index >= 15 is 0 Å². The lowest BCUT2D eigenvalue weighted by Crippen LogP contribution is -2.66. The molecule has 0 amide bonds. The van der Waals surface area contributed by atoms with Crippen molar-refractivity contribution in [2.45, 2.75) is 131 Å². The molecule has 1 aliphatic rings. The Balaban J connectivity index is 3.52. The van der Waals surface area contributed by atoms with Gasteiger partial charge in [-0.2, -0.15) is 0 Å². The zero-order chi connectivity index (χ0) is 23.0. The largest absolute Gasteiger partial charge is 0.367 e. The summed E-state index contributed by atoms with van der Waals surface area (Å²) in [5.74, 6) is -0.0504. The van der Waals surface area contributed by atoms with E-state index in [9.17, 15) is 4.79 Å². The number of hydrogen-bond acceptors (Lipinski definition) is 6. The van der Waals surface area contributed by atoms with E-state index in [-0.39, 0.29) is 5.78 Å². The topological polar surface area (TPSA) is 63.2 Å². The van der Waals surface area contributed by atoms with Gasteiger partial charge in [0.1, 0.15) is 24.4 Å². The molecule has 1 aliphatic heterocycles. The second-order valence-electron chi connectivity index (χ2n) is 11.9. The van der Waals surface area contributed by atoms with E-state index < -0.39 is 52.9 Å². The Morgan fingerprint density at radius 3 is 1.38 bits per heavy atom. The third kappa shape index (κ3) is 8.25. The van der Waals surface area contributed by atoms with Gasteiger partial charge in [0.2, 0.25) is 0 Å². The summed E-state index contributed by atoms with van der Waals surface area (Å²) in [5.41, 5.74) is -2.05. The van der Waals surface area contributed by atoms with Gasteiger partial charge in [-0.1, -0.05) is 20.8 Å². The van der Waals surface area contributed by atoms with Crippen LogP contribution in [0.2, 0.25) is 0 Å².